The third-order valence-corrected chi connectivity index (χ3v) is 3.05. The standard InChI is InChI=1S/C12H13N3O4S/c1-3-7-20-8-6-13-11-10(15(17)18)5-4-9(14-11)12(16)19-2/h1,4-5H,6-8H2,2H3,(H,13,14). The number of hydrogen-bond acceptors (Lipinski definition) is 7. The summed E-state index contributed by atoms with van der Waals surface area (Å²) < 4.78 is 4.52. The molecule has 0 amide bonds. The molecule has 0 aliphatic heterocycles. The first-order chi connectivity index (χ1) is 9.60. The summed E-state index contributed by atoms with van der Waals surface area (Å²) in [5.74, 6) is 3.11. The van der Waals surface area contributed by atoms with Crippen LogP contribution in [-0.4, -0.2) is 41.0 Å². The van der Waals surface area contributed by atoms with Crippen molar-refractivity contribution in [3.05, 3.63) is 27.9 Å². The first kappa shape index (κ1) is 15.8. The van der Waals surface area contributed by atoms with Gasteiger partial charge in [-0.05, 0) is 6.07 Å². The summed E-state index contributed by atoms with van der Waals surface area (Å²) in [4.78, 5) is 25.6. The zero-order valence-corrected chi connectivity index (χ0v) is 11.6. The minimum Gasteiger partial charge on any atom is -0.464 e. The maximum atomic E-state index is 11.4. The number of nitrogens with zero attached hydrogens (tertiary/aromatic N) is 2. The fourth-order valence-corrected chi connectivity index (χ4v) is 1.83. The molecule has 0 saturated carbocycles. The largest absolute Gasteiger partial charge is 0.464 e. The Morgan fingerprint density at radius 2 is 2.40 bits per heavy atom. The molecule has 106 valence electrons. The zero-order valence-electron chi connectivity index (χ0n) is 10.8. The summed E-state index contributed by atoms with van der Waals surface area (Å²) in [6, 6.07) is 2.47. The van der Waals surface area contributed by atoms with Crippen LogP contribution in [0.1, 0.15) is 10.5 Å². The van der Waals surface area contributed by atoms with Crippen molar-refractivity contribution in [2.24, 2.45) is 0 Å². The summed E-state index contributed by atoms with van der Waals surface area (Å²) in [5.41, 5.74) is -0.184. The molecule has 0 saturated heterocycles. The van der Waals surface area contributed by atoms with E-state index >= 15 is 0 Å². The van der Waals surface area contributed by atoms with Crippen molar-refractivity contribution < 1.29 is 14.5 Å². The van der Waals surface area contributed by atoms with Crippen LogP contribution in [0.15, 0.2) is 12.1 Å². The zero-order chi connectivity index (χ0) is 15.0. The number of hydrogen-bond donors (Lipinski definition) is 1. The van der Waals surface area contributed by atoms with Crippen LogP contribution in [0.3, 0.4) is 0 Å². The number of ether oxygens (including phenoxy) is 1. The van der Waals surface area contributed by atoms with Crippen molar-refractivity contribution in [3.8, 4) is 12.3 Å². The van der Waals surface area contributed by atoms with Crippen molar-refractivity contribution in [1.82, 2.24) is 4.98 Å². The van der Waals surface area contributed by atoms with E-state index in [1.165, 1.54) is 31.0 Å². The average Bonchev–Trinajstić information content (AvgIpc) is 2.45. The van der Waals surface area contributed by atoms with E-state index in [9.17, 15) is 14.9 Å². The van der Waals surface area contributed by atoms with Crippen LogP contribution >= 0.6 is 11.8 Å². The normalized spacial score (nSPS) is 9.60. The van der Waals surface area contributed by atoms with Crippen LogP contribution in [0, 0.1) is 22.5 Å². The van der Waals surface area contributed by atoms with E-state index in [1.54, 1.807) is 0 Å². The van der Waals surface area contributed by atoms with Gasteiger partial charge in [-0.2, -0.15) is 0 Å². The second-order valence-electron chi connectivity index (χ2n) is 3.50. The van der Waals surface area contributed by atoms with E-state index in [-0.39, 0.29) is 17.2 Å². The smallest absolute Gasteiger partial charge is 0.356 e. The third-order valence-electron chi connectivity index (χ3n) is 2.19. The molecule has 0 aliphatic rings. The van der Waals surface area contributed by atoms with Gasteiger partial charge in [-0.1, -0.05) is 5.92 Å². The third kappa shape index (κ3) is 4.44. The van der Waals surface area contributed by atoms with Gasteiger partial charge in [0, 0.05) is 18.4 Å². The van der Waals surface area contributed by atoms with E-state index in [0.29, 0.717) is 18.1 Å². The molecule has 0 aliphatic carbocycles. The molecular formula is C12H13N3O4S. The SMILES string of the molecule is C#CCSCCNc1nc(C(=O)OC)ccc1[N+](=O)[O-]. The van der Waals surface area contributed by atoms with Gasteiger partial charge in [0.1, 0.15) is 0 Å². The number of rotatable bonds is 7. The lowest BCUT2D eigenvalue weighted by atomic mass is 10.3. The van der Waals surface area contributed by atoms with Crippen LogP contribution < -0.4 is 5.32 Å². The lowest BCUT2D eigenvalue weighted by Gasteiger charge is -2.07. The molecule has 20 heavy (non-hydrogen) atoms. The summed E-state index contributed by atoms with van der Waals surface area (Å²) in [7, 11) is 1.22. The van der Waals surface area contributed by atoms with Crippen molar-refractivity contribution in [1.29, 1.82) is 0 Å². The number of aromatic nitrogens is 1. The topological polar surface area (TPSA) is 94.4 Å². The Morgan fingerprint density at radius 1 is 1.65 bits per heavy atom. The molecule has 1 N–H and O–H groups in total. The summed E-state index contributed by atoms with van der Waals surface area (Å²) in [5, 5.41) is 13.7. The molecular weight excluding hydrogens is 282 g/mol. The fourth-order valence-electron chi connectivity index (χ4n) is 1.32. The van der Waals surface area contributed by atoms with Crippen molar-refractivity contribution in [2.45, 2.75) is 0 Å². The summed E-state index contributed by atoms with van der Waals surface area (Å²) in [6.07, 6.45) is 5.11. The van der Waals surface area contributed by atoms with Crippen LogP contribution in [-0.2, 0) is 4.74 Å². The van der Waals surface area contributed by atoms with Gasteiger partial charge in [0.25, 0.3) is 0 Å². The molecule has 0 bridgehead atoms. The van der Waals surface area contributed by atoms with E-state index in [0.717, 1.165) is 0 Å². The van der Waals surface area contributed by atoms with Gasteiger partial charge in [-0.15, -0.1) is 18.2 Å². The number of methoxy groups -OCH3 is 1. The van der Waals surface area contributed by atoms with Crippen LogP contribution in [0.25, 0.3) is 0 Å². The molecule has 0 atom stereocenters. The van der Waals surface area contributed by atoms with Crippen LogP contribution in [0.4, 0.5) is 11.5 Å². The molecule has 0 fully saturated rings. The molecule has 0 unspecified atom stereocenters. The maximum absolute atomic E-state index is 11.4. The number of pyridine rings is 1. The Morgan fingerprint density at radius 3 is 3.00 bits per heavy atom. The average molecular weight is 295 g/mol. The quantitative estimate of drug-likeness (QED) is 0.268. The van der Waals surface area contributed by atoms with Crippen molar-refractivity contribution in [3.63, 3.8) is 0 Å². The predicted octanol–water partition coefficient (Wildman–Crippen LogP) is 1.55. The van der Waals surface area contributed by atoms with Gasteiger partial charge >= 0.3 is 11.7 Å². The first-order valence-corrected chi connectivity index (χ1v) is 6.74. The van der Waals surface area contributed by atoms with Gasteiger partial charge < -0.3 is 10.1 Å². The highest BCUT2D eigenvalue weighted by Crippen LogP contribution is 2.22. The molecule has 1 heterocycles. The Kier molecular flexibility index (Phi) is 6.32. The molecule has 0 radical (unpaired) electrons. The molecule has 1 rings (SSSR count). The summed E-state index contributed by atoms with van der Waals surface area (Å²) >= 11 is 1.51. The number of nitrogens with one attached hydrogen (secondary N) is 1. The lowest BCUT2D eigenvalue weighted by molar-refractivity contribution is -0.384. The van der Waals surface area contributed by atoms with E-state index in [4.69, 9.17) is 6.42 Å². The minimum absolute atomic E-state index is 0.0110. The van der Waals surface area contributed by atoms with Crippen molar-refractivity contribution >= 4 is 29.2 Å². The molecule has 1 aromatic heterocycles. The van der Waals surface area contributed by atoms with Gasteiger partial charge in [0.2, 0.25) is 5.82 Å². The number of nitro groups is 1. The molecule has 0 aromatic carbocycles. The fraction of sp³-hybridized carbons (Fsp3) is 0.333. The van der Waals surface area contributed by atoms with Gasteiger partial charge in [-0.25, -0.2) is 9.78 Å². The lowest BCUT2D eigenvalue weighted by Crippen LogP contribution is -2.12. The number of esters is 1. The first-order valence-electron chi connectivity index (χ1n) is 5.59. The van der Waals surface area contributed by atoms with Gasteiger partial charge in [-0.3, -0.25) is 10.1 Å². The Balaban J connectivity index is 2.81. The van der Waals surface area contributed by atoms with Gasteiger partial charge in [0.05, 0.1) is 17.8 Å². The van der Waals surface area contributed by atoms with Crippen LogP contribution in [0.5, 0.6) is 0 Å². The maximum Gasteiger partial charge on any atom is 0.356 e. The van der Waals surface area contributed by atoms with Crippen LogP contribution in [0.2, 0.25) is 0 Å². The van der Waals surface area contributed by atoms with Crippen molar-refractivity contribution in [2.75, 3.05) is 30.5 Å². The number of anilines is 1. The second kappa shape index (κ2) is 8.01. The van der Waals surface area contributed by atoms with E-state index in [1.807, 2.05) is 0 Å². The number of carbonyl (C=O) groups excluding carboxylic acids is 1. The molecule has 1 aromatic rings. The number of thioether (sulfide) groups is 1. The monoisotopic (exact) mass is 295 g/mol. The Hall–Kier alpha value is -2.27. The van der Waals surface area contributed by atoms with E-state index in [2.05, 4.69) is 21.0 Å². The molecule has 7 nitrogen and oxygen atoms in total. The number of carbonyl (C=O) groups is 1. The summed E-state index contributed by atoms with van der Waals surface area (Å²) in [6.45, 7) is 0.449. The van der Waals surface area contributed by atoms with Gasteiger partial charge in [0.15, 0.2) is 5.69 Å². The highest BCUT2D eigenvalue weighted by atomic mass is 32.2. The highest BCUT2D eigenvalue weighted by molar-refractivity contribution is 7.99. The van der Waals surface area contributed by atoms with E-state index < -0.39 is 10.9 Å². The Labute approximate surface area is 120 Å². The predicted molar refractivity (Wildman–Crippen MR) is 76.9 cm³/mol. The Bertz CT molecular complexity index is 542. The second-order valence-corrected chi connectivity index (χ2v) is 4.60. The molecule has 0 spiro atoms. The minimum atomic E-state index is -0.648. The number of terminal acetylenes is 1. The highest BCUT2D eigenvalue weighted by Gasteiger charge is 2.18. The molecule has 8 heteroatoms.